The number of nitrogens with one attached hydrogen (secondary N) is 1. The van der Waals surface area contributed by atoms with E-state index in [2.05, 4.69) is 26.1 Å². The van der Waals surface area contributed by atoms with Crippen LogP contribution in [0.5, 0.6) is 0 Å². The largest absolute Gasteiger partial charge is 0.325 e. The molecule has 2 aliphatic rings. The number of imide groups is 1. The van der Waals surface area contributed by atoms with E-state index in [0.717, 1.165) is 22.5 Å². The van der Waals surface area contributed by atoms with Crippen LogP contribution in [0, 0.1) is 11.7 Å². The molecule has 0 saturated carbocycles. The van der Waals surface area contributed by atoms with Crippen LogP contribution in [0.4, 0.5) is 15.8 Å². The number of anilines is 2. The Morgan fingerprint density at radius 3 is 2.21 bits per heavy atom. The lowest BCUT2D eigenvalue weighted by Gasteiger charge is -2.31. The normalized spacial score (nSPS) is 19.9. The first kappa shape index (κ1) is 28.1. The number of aromatic nitrogens is 1. The van der Waals surface area contributed by atoms with Crippen LogP contribution in [0.25, 0.3) is 0 Å². The third-order valence-electron chi connectivity index (χ3n) is 7.63. The number of rotatable bonds is 5. The Kier molecular flexibility index (Phi) is 7.14. The molecule has 3 aromatic carbocycles. The minimum absolute atomic E-state index is 0.0794. The number of carbonyl (C=O) groups is 3. The minimum atomic E-state index is -0.766. The zero-order chi connectivity index (χ0) is 29.8. The Balaban J connectivity index is 1.41. The molecule has 3 unspecified atom stereocenters. The maximum atomic E-state index is 14.0. The predicted molar refractivity (Wildman–Crippen MR) is 163 cm³/mol. The number of halogens is 1. The number of benzene rings is 3. The molecule has 0 spiro atoms. The second-order valence-corrected chi connectivity index (χ2v) is 13.6. The first-order valence-electron chi connectivity index (χ1n) is 13.5. The molecular formula is C32H28FN3O4S2. The number of fused-ring (bicyclic) bond motifs is 2. The van der Waals surface area contributed by atoms with Crippen molar-refractivity contribution in [1.82, 2.24) is 4.57 Å². The van der Waals surface area contributed by atoms with Gasteiger partial charge in [-0.25, -0.2) is 9.29 Å². The summed E-state index contributed by atoms with van der Waals surface area (Å²) in [7, 11) is 0. The van der Waals surface area contributed by atoms with Gasteiger partial charge < -0.3 is 5.32 Å². The van der Waals surface area contributed by atoms with Gasteiger partial charge in [-0.2, -0.15) is 0 Å². The molecule has 2 aliphatic heterocycles. The van der Waals surface area contributed by atoms with Gasteiger partial charge in [0.15, 0.2) is 0 Å². The van der Waals surface area contributed by atoms with Crippen molar-refractivity contribution in [2.45, 2.75) is 48.9 Å². The molecule has 0 bridgehead atoms. The molecule has 1 fully saturated rings. The van der Waals surface area contributed by atoms with E-state index in [1.54, 1.807) is 24.3 Å². The van der Waals surface area contributed by atoms with Gasteiger partial charge in [-0.1, -0.05) is 86.3 Å². The summed E-state index contributed by atoms with van der Waals surface area (Å²) in [6, 6.07) is 22.2. The van der Waals surface area contributed by atoms with Gasteiger partial charge in [0.25, 0.3) is 0 Å². The quantitative estimate of drug-likeness (QED) is 0.293. The fraction of sp³-hybridized carbons (Fsp3) is 0.250. The summed E-state index contributed by atoms with van der Waals surface area (Å²) in [6.07, 6.45) is 0. The standard InChI is InChI=1S/C32H28FN3O4S2/c1-32(2,3)19-11-9-18(10-12-19)24-25-26(29(39)36(28(25)38)22-7-5-4-6-8-22)41-30-27(24)42-31(40)35(30)17-23(37)34-21-15-13-20(33)14-16-21/h4-16,24-26H,17H2,1-3H3,(H,34,37). The zero-order valence-corrected chi connectivity index (χ0v) is 24.8. The van der Waals surface area contributed by atoms with Gasteiger partial charge in [0, 0.05) is 16.5 Å². The first-order valence-corrected chi connectivity index (χ1v) is 15.2. The molecule has 3 heterocycles. The topological polar surface area (TPSA) is 88.5 Å². The van der Waals surface area contributed by atoms with Crippen LogP contribution in [-0.2, 0) is 26.3 Å². The van der Waals surface area contributed by atoms with Crippen LogP contribution in [0.3, 0.4) is 0 Å². The molecule has 214 valence electrons. The third kappa shape index (κ3) is 4.98. The van der Waals surface area contributed by atoms with Gasteiger partial charge in [0.05, 0.1) is 16.6 Å². The van der Waals surface area contributed by atoms with Crippen molar-refractivity contribution in [2.24, 2.45) is 5.92 Å². The van der Waals surface area contributed by atoms with E-state index < -0.39 is 28.8 Å². The van der Waals surface area contributed by atoms with Gasteiger partial charge >= 0.3 is 4.87 Å². The molecule has 42 heavy (non-hydrogen) atoms. The van der Waals surface area contributed by atoms with Gasteiger partial charge in [0.2, 0.25) is 17.7 Å². The third-order valence-corrected chi connectivity index (χ3v) is 10.2. The van der Waals surface area contributed by atoms with Gasteiger partial charge in [-0.05, 0) is 52.9 Å². The van der Waals surface area contributed by atoms with E-state index in [1.165, 1.54) is 45.5 Å². The SMILES string of the molecule is CC(C)(C)c1ccc(C2c3sc(=O)n(CC(=O)Nc4ccc(F)cc4)c3SC3C(=O)N(c4ccccc4)C(=O)C32)cc1. The Morgan fingerprint density at radius 1 is 0.905 bits per heavy atom. The first-order chi connectivity index (χ1) is 20.0. The average molecular weight is 602 g/mol. The van der Waals surface area contributed by atoms with Gasteiger partial charge in [-0.3, -0.25) is 23.7 Å². The number of hydrogen-bond acceptors (Lipinski definition) is 6. The van der Waals surface area contributed by atoms with Crippen molar-refractivity contribution in [3.05, 3.63) is 110 Å². The van der Waals surface area contributed by atoms with Gasteiger partial charge in [-0.15, -0.1) is 0 Å². The highest BCUT2D eigenvalue weighted by molar-refractivity contribution is 8.00. The second kappa shape index (κ2) is 10.7. The Labute approximate surface area is 250 Å². The highest BCUT2D eigenvalue weighted by atomic mass is 32.2. The number of nitrogens with zero attached hydrogens (tertiary/aromatic N) is 2. The Morgan fingerprint density at radius 2 is 1.57 bits per heavy atom. The van der Waals surface area contributed by atoms with Crippen LogP contribution < -0.4 is 15.1 Å². The van der Waals surface area contributed by atoms with Crippen molar-refractivity contribution >= 4 is 52.2 Å². The van der Waals surface area contributed by atoms with E-state index in [1.807, 2.05) is 30.3 Å². The highest BCUT2D eigenvalue weighted by Crippen LogP contribution is 2.54. The van der Waals surface area contributed by atoms with Crippen molar-refractivity contribution in [3.63, 3.8) is 0 Å². The van der Waals surface area contributed by atoms with Crippen LogP contribution >= 0.6 is 23.1 Å². The van der Waals surface area contributed by atoms with E-state index in [4.69, 9.17) is 0 Å². The molecule has 3 atom stereocenters. The molecule has 1 saturated heterocycles. The minimum Gasteiger partial charge on any atom is -0.325 e. The molecule has 6 rings (SSSR count). The van der Waals surface area contributed by atoms with E-state index in [0.29, 0.717) is 21.3 Å². The summed E-state index contributed by atoms with van der Waals surface area (Å²) in [5.41, 5.74) is 2.78. The lowest BCUT2D eigenvalue weighted by Crippen LogP contribution is -2.33. The maximum Gasteiger partial charge on any atom is 0.308 e. The summed E-state index contributed by atoms with van der Waals surface area (Å²) in [6.45, 7) is 6.07. The number of para-hydroxylation sites is 1. The summed E-state index contributed by atoms with van der Waals surface area (Å²) in [5, 5.41) is 2.45. The number of carbonyl (C=O) groups excluding carboxylic acids is 3. The molecule has 4 aromatic rings. The number of thiazole rings is 1. The fourth-order valence-corrected chi connectivity index (χ4v) is 8.29. The molecule has 10 heteroatoms. The highest BCUT2D eigenvalue weighted by Gasteiger charge is 2.56. The molecule has 3 amide bonds. The van der Waals surface area contributed by atoms with E-state index in [9.17, 15) is 23.6 Å². The predicted octanol–water partition coefficient (Wildman–Crippen LogP) is 5.78. The molecule has 0 radical (unpaired) electrons. The lowest BCUT2D eigenvalue weighted by molar-refractivity contribution is -0.122. The Hall–Kier alpha value is -4.02. The molecule has 1 N–H and O–H groups in total. The monoisotopic (exact) mass is 601 g/mol. The van der Waals surface area contributed by atoms with E-state index >= 15 is 0 Å². The molecule has 7 nitrogen and oxygen atoms in total. The lowest BCUT2D eigenvalue weighted by atomic mass is 9.81. The van der Waals surface area contributed by atoms with Crippen LogP contribution in [0.2, 0.25) is 0 Å². The smallest absolute Gasteiger partial charge is 0.308 e. The molecule has 1 aromatic heterocycles. The van der Waals surface area contributed by atoms with Crippen molar-refractivity contribution in [3.8, 4) is 0 Å². The number of hydrogen-bond donors (Lipinski definition) is 1. The van der Waals surface area contributed by atoms with Crippen molar-refractivity contribution in [2.75, 3.05) is 10.2 Å². The van der Waals surface area contributed by atoms with E-state index in [-0.39, 0.29) is 28.6 Å². The molecular weight excluding hydrogens is 574 g/mol. The molecule has 0 aliphatic carbocycles. The fourth-order valence-electron chi connectivity index (χ4n) is 5.51. The van der Waals surface area contributed by atoms with Crippen LogP contribution in [-0.4, -0.2) is 27.5 Å². The van der Waals surface area contributed by atoms with Crippen molar-refractivity contribution in [1.29, 1.82) is 0 Å². The van der Waals surface area contributed by atoms with Gasteiger partial charge in [0.1, 0.15) is 17.6 Å². The van der Waals surface area contributed by atoms with Crippen LogP contribution in [0.15, 0.2) is 88.7 Å². The number of amides is 3. The average Bonchev–Trinajstić information content (AvgIpc) is 3.40. The maximum absolute atomic E-state index is 14.0. The van der Waals surface area contributed by atoms with Crippen LogP contribution in [0.1, 0.15) is 42.7 Å². The summed E-state index contributed by atoms with van der Waals surface area (Å²) in [4.78, 5) is 55.7. The second-order valence-electron chi connectivity index (χ2n) is 11.4. The summed E-state index contributed by atoms with van der Waals surface area (Å²) in [5.74, 6) is -2.79. The van der Waals surface area contributed by atoms with Crippen molar-refractivity contribution < 1.29 is 18.8 Å². The number of thioether (sulfide) groups is 1. The summed E-state index contributed by atoms with van der Waals surface area (Å²) >= 11 is 2.18. The summed E-state index contributed by atoms with van der Waals surface area (Å²) < 4.78 is 14.7. The zero-order valence-electron chi connectivity index (χ0n) is 23.2. The Bertz CT molecular complexity index is 1740.